The summed E-state index contributed by atoms with van der Waals surface area (Å²) in [5.74, 6) is -1.30. The van der Waals surface area contributed by atoms with Gasteiger partial charge in [-0.3, -0.25) is 4.79 Å². The first-order valence-electron chi connectivity index (χ1n) is 10.8. The van der Waals surface area contributed by atoms with Crippen molar-refractivity contribution in [3.8, 4) is 0 Å². The summed E-state index contributed by atoms with van der Waals surface area (Å²) in [4.78, 5) is 11.4. The Hall–Kier alpha value is 0.886. The molecule has 0 saturated carbocycles. The molecule has 182 valence electrons. The molecule has 0 rings (SSSR count). The van der Waals surface area contributed by atoms with Gasteiger partial charge in [0.1, 0.15) is 0 Å². The molecule has 0 aliphatic heterocycles. The maximum atomic E-state index is 11.4. The van der Waals surface area contributed by atoms with Gasteiger partial charge in [0.15, 0.2) is 0 Å². The van der Waals surface area contributed by atoms with Gasteiger partial charge >= 0.3 is 67.5 Å². The smallest absolute Gasteiger partial charge is 0.748 e. The third-order valence-corrected chi connectivity index (χ3v) is 6.05. The fourth-order valence-corrected chi connectivity index (χ4v) is 3.72. The minimum atomic E-state index is -4.00. The van der Waals surface area contributed by atoms with Crippen molar-refractivity contribution in [1.29, 1.82) is 0 Å². The van der Waals surface area contributed by atoms with E-state index in [0.29, 0.717) is 6.42 Å². The first kappa shape index (κ1) is 36.5. The summed E-state index contributed by atoms with van der Waals surface area (Å²) in [6.07, 6.45) is 13.3. The second-order valence-corrected chi connectivity index (χ2v) is 10.4. The molecule has 0 atom stereocenters. The fourth-order valence-electron chi connectivity index (χ4n) is 2.53. The van der Waals surface area contributed by atoms with E-state index in [2.05, 4.69) is 16.4 Å². The van der Waals surface area contributed by atoms with Crippen LogP contribution in [0.3, 0.4) is 0 Å². The Balaban J connectivity index is -0.000000739. The van der Waals surface area contributed by atoms with Crippen molar-refractivity contribution < 1.29 is 81.8 Å². The van der Waals surface area contributed by atoms with Crippen LogP contribution in [0.2, 0.25) is 0 Å². The molecule has 0 aliphatic carbocycles. The number of carbonyl (C=O) groups excluding carboxylic acids is 1. The molecule has 0 aromatic carbocycles. The Morgan fingerprint density at radius 3 is 1.68 bits per heavy atom. The molecule has 9 nitrogen and oxygen atoms in total. The van der Waals surface area contributed by atoms with Gasteiger partial charge in [-0.1, -0.05) is 71.1 Å². The van der Waals surface area contributed by atoms with Gasteiger partial charge in [-0.15, -0.1) is 0 Å². The maximum Gasteiger partial charge on any atom is 1.00 e. The van der Waals surface area contributed by atoms with Crippen LogP contribution < -0.4 is 62.4 Å². The van der Waals surface area contributed by atoms with E-state index in [1.807, 2.05) is 0 Å². The van der Waals surface area contributed by atoms with E-state index in [-0.39, 0.29) is 82.4 Å². The van der Waals surface area contributed by atoms with Crippen LogP contribution in [0.25, 0.3) is 0 Å². The number of unbranched alkanes of at least 4 members (excludes halogenated alkanes) is 10. The molecule has 12 heteroatoms. The average molecular weight is 513 g/mol. The van der Waals surface area contributed by atoms with Gasteiger partial charge in [-0.25, -0.2) is 8.42 Å². The first-order chi connectivity index (χ1) is 14.1. The largest absolute Gasteiger partial charge is 1.00 e. The van der Waals surface area contributed by atoms with Crippen LogP contribution in [0.15, 0.2) is 0 Å². The van der Waals surface area contributed by atoms with E-state index in [9.17, 15) is 26.2 Å². The Morgan fingerprint density at radius 1 is 0.871 bits per heavy atom. The van der Waals surface area contributed by atoms with Crippen LogP contribution in [0.5, 0.6) is 0 Å². The minimum Gasteiger partial charge on any atom is -0.748 e. The normalized spacial score (nSPS) is 11.2. The Bertz CT molecular complexity index is 615. The van der Waals surface area contributed by atoms with Crippen molar-refractivity contribution in [2.75, 3.05) is 31.6 Å². The quantitative estimate of drug-likeness (QED) is 0.105. The third-order valence-electron chi connectivity index (χ3n) is 4.17. The molecule has 0 bridgehead atoms. The molecule has 0 heterocycles. The summed E-state index contributed by atoms with van der Waals surface area (Å²) in [5, 5.41) is 2.55. The van der Waals surface area contributed by atoms with Gasteiger partial charge in [0.2, 0.25) is 0 Å². The van der Waals surface area contributed by atoms with Crippen LogP contribution in [0, 0.1) is 0 Å². The second-order valence-electron chi connectivity index (χ2n) is 7.16. The number of nitrogens with one attached hydrogen (secondary N) is 1. The van der Waals surface area contributed by atoms with Crippen LogP contribution in [0.4, 0.5) is 0 Å². The SMILES string of the molecule is CCCCCCCCCCCCCC(=O)OS(=O)(=O)CCN.CNCCS(=O)(=O)[O-].[K+]. The zero-order chi connectivity index (χ0) is 23.3. The number of nitrogens with two attached hydrogens (primary N) is 1. The molecule has 0 fully saturated rings. The van der Waals surface area contributed by atoms with Crippen LogP contribution in [-0.4, -0.2) is 59.0 Å². The number of hydrogen-bond acceptors (Lipinski definition) is 9. The Morgan fingerprint density at radius 2 is 1.32 bits per heavy atom. The van der Waals surface area contributed by atoms with Gasteiger partial charge in [-0.05, 0) is 13.5 Å². The summed E-state index contributed by atoms with van der Waals surface area (Å²) < 4.78 is 56.2. The van der Waals surface area contributed by atoms with E-state index < -0.39 is 26.2 Å². The minimum absolute atomic E-state index is 0. The first-order valence-corrected chi connectivity index (χ1v) is 14.0. The predicted molar refractivity (Wildman–Crippen MR) is 119 cm³/mol. The van der Waals surface area contributed by atoms with Gasteiger partial charge < -0.3 is 19.8 Å². The van der Waals surface area contributed by atoms with E-state index in [1.54, 1.807) is 7.05 Å². The molecule has 0 aliphatic rings. The van der Waals surface area contributed by atoms with Gasteiger partial charge in [0, 0.05) is 19.5 Å². The molecule has 0 spiro atoms. The van der Waals surface area contributed by atoms with Crippen molar-refractivity contribution in [3.05, 3.63) is 0 Å². The molecule has 0 radical (unpaired) electrons. The van der Waals surface area contributed by atoms with Crippen LogP contribution in [0.1, 0.15) is 84.0 Å². The van der Waals surface area contributed by atoms with E-state index in [4.69, 9.17) is 5.73 Å². The van der Waals surface area contributed by atoms with Gasteiger partial charge in [-0.2, -0.15) is 8.42 Å². The molecule has 31 heavy (non-hydrogen) atoms. The monoisotopic (exact) mass is 512 g/mol. The van der Waals surface area contributed by atoms with Crippen molar-refractivity contribution in [1.82, 2.24) is 5.32 Å². The summed E-state index contributed by atoms with van der Waals surface area (Å²) in [6, 6.07) is 0. The second kappa shape index (κ2) is 24.0. The summed E-state index contributed by atoms with van der Waals surface area (Å²) in [7, 11) is -6.18. The molecule has 0 saturated heterocycles. The number of hydrogen-bond donors (Lipinski definition) is 2. The van der Waals surface area contributed by atoms with Gasteiger partial charge in [0.05, 0.1) is 21.6 Å². The molecule has 0 unspecified atom stereocenters. The van der Waals surface area contributed by atoms with E-state index in [1.165, 1.54) is 51.4 Å². The molecular formula is C19H41KN2O7S2. The Kier molecular flexibility index (Phi) is 28.3. The topological polar surface area (TPSA) is 156 Å². The molecular weight excluding hydrogens is 471 g/mol. The van der Waals surface area contributed by atoms with Crippen molar-refractivity contribution in [2.45, 2.75) is 84.0 Å². The summed E-state index contributed by atoms with van der Waals surface area (Å²) in [6.45, 7) is 2.42. The van der Waals surface area contributed by atoms with Crippen molar-refractivity contribution in [2.24, 2.45) is 5.73 Å². The van der Waals surface area contributed by atoms with E-state index >= 15 is 0 Å². The molecule has 3 N–H and O–H groups in total. The summed E-state index contributed by atoms with van der Waals surface area (Å²) in [5.41, 5.74) is 5.13. The van der Waals surface area contributed by atoms with Crippen molar-refractivity contribution in [3.63, 3.8) is 0 Å². The summed E-state index contributed by atoms with van der Waals surface area (Å²) >= 11 is 0. The predicted octanol–water partition coefficient (Wildman–Crippen LogP) is -0.726. The Labute approximate surface area is 232 Å². The molecule has 0 aromatic rings. The van der Waals surface area contributed by atoms with Crippen molar-refractivity contribution >= 4 is 26.2 Å². The zero-order valence-corrected chi connectivity index (χ0v) is 24.3. The fraction of sp³-hybridized carbons (Fsp3) is 0.947. The van der Waals surface area contributed by atoms with E-state index in [0.717, 1.165) is 12.8 Å². The molecule has 0 amide bonds. The van der Waals surface area contributed by atoms with Gasteiger partial charge in [0.25, 0.3) is 0 Å². The number of rotatable bonds is 18. The maximum absolute atomic E-state index is 11.4. The zero-order valence-electron chi connectivity index (χ0n) is 19.6. The third kappa shape index (κ3) is 33.1. The average Bonchev–Trinajstić information content (AvgIpc) is 2.64. The number of carbonyl (C=O) groups is 1. The molecule has 0 aromatic heterocycles. The standard InChI is InChI=1S/C16H33NO4S.C3H9NO3S.K/c1-2-3-4-5-6-7-8-9-10-11-12-13-16(18)21-22(19,20)15-14-17;1-4-2-3-8(5,6)7;/h2-15,17H2,1H3;4H,2-3H2,1H3,(H,5,6,7);/q;;+1/p-1. The van der Waals surface area contributed by atoms with Crippen LogP contribution >= 0.6 is 0 Å². The van der Waals surface area contributed by atoms with Crippen LogP contribution in [-0.2, 0) is 29.2 Å².